The quantitative estimate of drug-likeness (QED) is 0.381. The summed E-state index contributed by atoms with van der Waals surface area (Å²) in [5.74, 6) is 0. The summed E-state index contributed by atoms with van der Waals surface area (Å²) in [5.41, 5.74) is 5.08. The molecule has 5 nitrogen and oxygen atoms in total. The maximum absolute atomic E-state index is 9.84. The zero-order valence-electron chi connectivity index (χ0n) is 15.2. The largest absolute Gasteiger partial charge is 0.336 e. The lowest BCUT2D eigenvalue weighted by Crippen LogP contribution is -2.20. The lowest BCUT2D eigenvalue weighted by atomic mass is 10.1. The van der Waals surface area contributed by atoms with Crippen LogP contribution in [0.2, 0.25) is 0 Å². The molecule has 0 unspecified atom stereocenters. The third kappa shape index (κ3) is 3.46. The highest BCUT2D eigenvalue weighted by Gasteiger charge is 2.20. The van der Waals surface area contributed by atoms with Crippen LogP contribution in [-0.2, 0) is 13.1 Å². The Balaban J connectivity index is 1.72. The predicted octanol–water partition coefficient (Wildman–Crippen LogP) is 4.42. The van der Waals surface area contributed by atoms with Gasteiger partial charge in [0.1, 0.15) is 27.3 Å². The monoisotopic (exact) mass is 385 g/mol. The molecule has 6 heteroatoms. The number of H-pyrrole nitrogens is 1. The van der Waals surface area contributed by atoms with E-state index in [4.69, 9.17) is 12.2 Å². The van der Waals surface area contributed by atoms with Crippen LogP contribution in [0.1, 0.15) is 11.1 Å². The molecule has 2 heterocycles. The van der Waals surface area contributed by atoms with Crippen LogP contribution >= 0.6 is 12.2 Å². The van der Waals surface area contributed by atoms with E-state index in [0.717, 1.165) is 29.9 Å². The molecule has 2 N–H and O–H groups in total. The molecule has 0 amide bonds. The van der Waals surface area contributed by atoms with Gasteiger partial charge in [-0.15, -0.1) is 0 Å². The Morgan fingerprint density at radius 2 is 1.79 bits per heavy atom. The second-order valence-corrected chi connectivity index (χ2v) is 6.85. The minimum absolute atomic E-state index is 0.560. The summed E-state index contributed by atoms with van der Waals surface area (Å²) in [6.07, 6.45) is 1.55. The average molecular weight is 385 g/mol. The van der Waals surface area contributed by atoms with Crippen LogP contribution in [0, 0.1) is 16.0 Å². The van der Waals surface area contributed by atoms with Gasteiger partial charge in [-0.25, -0.2) is 4.98 Å². The van der Waals surface area contributed by atoms with Gasteiger partial charge >= 0.3 is 0 Å². The fourth-order valence-corrected chi connectivity index (χ4v) is 3.69. The first-order chi connectivity index (χ1) is 13.8. The zero-order valence-corrected chi connectivity index (χ0v) is 16.0. The van der Waals surface area contributed by atoms with Gasteiger partial charge in [0.25, 0.3) is 0 Å². The molecule has 0 aliphatic heterocycles. The summed E-state index contributed by atoms with van der Waals surface area (Å²) in [6, 6.07) is 22.6. The number of rotatable bonds is 6. The van der Waals surface area contributed by atoms with Crippen LogP contribution < -0.4 is 5.32 Å². The van der Waals surface area contributed by atoms with Crippen molar-refractivity contribution in [1.29, 1.82) is 5.26 Å². The molecule has 2 aromatic heterocycles. The maximum Gasteiger partial charge on any atom is 0.130 e. The van der Waals surface area contributed by atoms with Gasteiger partial charge in [0, 0.05) is 19.6 Å². The van der Waals surface area contributed by atoms with Crippen LogP contribution in [0.3, 0.4) is 0 Å². The molecule has 4 rings (SSSR count). The number of nitriles is 1. The van der Waals surface area contributed by atoms with Gasteiger partial charge in [0.05, 0.1) is 12.0 Å². The third-order valence-corrected chi connectivity index (χ3v) is 5.00. The summed E-state index contributed by atoms with van der Waals surface area (Å²) < 4.78 is 2.69. The molecule has 0 bridgehead atoms. The van der Waals surface area contributed by atoms with Crippen LogP contribution in [0.4, 0.5) is 0 Å². The van der Waals surface area contributed by atoms with Crippen LogP contribution in [0.5, 0.6) is 0 Å². The van der Waals surface area contributed by atoms with E-state index in [1.807, 2.05) is 48.5 Å². The van der Waals surface area contributed by atoms with Gasteiger partial charge in [0.15, 0.2) is 0 Å². The number of nitrogens with one attached hydrogen (secondary N) is 2. The second kappa shape index (κ2) is 8.17. The highest BCUT2D eigenvalue weighted by molar-refractivity contribution is 7.71. The Kier molecular flexibility index (Phi) is 5.29. The molecule has 0 saturated carbocycles. The van der Waals surface area contributed by atoms with Crippen molar-refractivity contribution in [3.63, 3.8) is 0 Å². The fourth-order valence-electron chi connectivity index (χ4n) is 3.43. The first-order valence-corrected chi connectivity index (χ1v) is 9.50. The first-order valence-electron chi connectivity index (χ1n) is 9.09. The van der Waals surface area contributed by atoms with Crippen LogP contribution in [0.25, 0.3) is 22.3 Å². The van der Waals surface area contributed by atoms with Crippen molar-refractivity contribution in [1.82, 2.24) is 19.9 Å². The molecule has 2 aromatic carbocycles. The zero-order chi connectivity index (χ0) is 19.3. The Hall–Kier alpha value is -3.27. The lowest BCUT2D eigenvalue weighted by Gasteiger charge is -2.12. The van der Waals surface area contributed by atoms with E-state index in [1.54, 1.807) is 6.33 Å². The standard InChI is InChI=1S/C22H19N5S/c23-13-18-19-21(22(28)26-15-25-19)27(20(18)17-9-5-2-6-10-17)12-11-24-14-16-7-3-1-4-8-16/h1-10,15,24H,11-12,14H2,(H,25,26,28). The molecule has 0 radical (unpaired) electrons. The Labute approximate surface area is 168 Å². The number of hydrogen-bond donors (Lipinski definition) is 2. The third-order valence-electron chi connectivity index (χ3n) is 4.69. The van der Waals surface area contributed by atoms with Gasteiger partial charge in [0.2, 0.25) is 0 Å². The van der Waals surface area contributed by atoms with Crippen molar-refractivity contribution in [2.45, 2.75) is 13.1 Å². The van der Waals surface area contributed by atoms with Crippen molar-refractivity contribution in [3.8, 4) is 17.3 Å². The maximum atomic E-state index is 9.84. The van der Waals surface area contributed by atoms with E-state index < -0.39 is 0 Å². The molecule has 138 valence electrons. The van der Waals surface area contributed by atoms with Gasteiger partial charge in [-0.3, -0.25) is 0 Å². The number of nitrogens with zero attached hydrogens (tertiary/aromatic N) is 3. The normalized spacial score (nSPS) is 10.8. The fraction of sp³-hybridized carbons (Fsp3) is 0.136. The molecular weight excluding hydrogens is 366 g/mol. The summed E-state index contributed by atoms with van der Waals surface area (Å²) >= 11 is 5.52. The highest BCUT2D eigenvalue weighted by atomic mass is 32.1. The average Bonchev–Trinajstić information content (AvgIpc) is 3.07. The van der Waals surface area contributed by atoms with Gasteiger partial charge in [-0.1, -0.05) is 72.9 Å². The number of aromatic nitrogens is 3. The molecule has 0 aliphatic rings. The highest BCUT2D eigenvalue weighted by Crippen LogP contribution is 2.32. The molecule has 0 spiro atoms. The van der Waals surface area contributed by atoms with Crippen molar-refractivity contribution in [2.24, 2.45) is 0 Å². The van der Waals surface area contributed by atoms with Crippen molar-refractivity contribution < 1.29 is 0 Å². The van der Waals surface area contributed by atoms with Crippen molar-refractivity contribution in [3.05, 3.63) is 82.8 Å². The summed E-state index contributed by atoms with van der Waals surface area (Å²) in [6.45, 7) is 2.21. The molecule has 0 atom stereocenters. The molecule has 4 aromatic rings. The van der Waals surface area contributed by atoms with Crippen molar-refractivity contribution in [2.75, 3.05) is 6.54 Å². The smallest absolute Gasteiger partial charge is 0.130 e. The number of aromatic amines is 1. The lowest BCUT2D eigenvalue weighted by molar-refractivity contribution is 0.611. The van der Waals surface area contributed by atoms with E-state index in [-0.39, 0.29) is 0 Å². The van der Waals surface area contributed by atoms with E-state index in [2.05, 4.69) is 38.1 Å². The Bertz CT molecular complexity index is 1190. The Morgan fingerprint density at radius 1 is 1.07 bits per heavy atom. The van der Waals surface area contributed by atoms with Crippen LogP contribution in [0.15, 0.2) is 67.0 Å². The summed E-state index contributed by atoms with van der Waals surface area (Å²) in [5, 5.41) is 13.3. The molecule has 0 aliphatic carbocycles. The predicted molar refractivity (Wildman–Crippen MR) is 113 cm³/mol. The van der Waals surface area contributed by atoms with E-state index in [1.165, 1.54) is 5.56 Å². The number of fused-ring (bicyclic) bond motifs is 1. The summed E-state index contributed by atoms with van der Waals surface area (Å²) in [7, 11) is 0. The second-order valence-electron chi connectivity index (χ2n) is 6.44. The molecular formula is C22H19N5S. The number of benzene rings is 2. The molecule has 0 fully saturated rings. The van der Waals surface area contributed by atoms with Gasteiger partial charge in [-0.05, 0) is 11.1 Å². The topological polar surface area (TPSA) is 69.4 Å². The van der Waals surface area contributed by atoms with Crippen LogP contribution in [-0.4, -0.2) is 21.1 Å². The summed E-state index contributed by atoms with van der Waals surface area (Å²) in [4.78, 5) is 7.41. The van der Waals surface area contributed by atoms with E-state index in [0.29, 0.717) is 22.3 Å². The molecule has 0 saturated heterocycles. The van der Waals surface area contributed by atoms with Gasteiger partial charge in [-0.2, -0.15) is 5.26 Å². The van der Waals surface area contributed by atoms with Gasteiger partial charge < -0.3 is 14.9 Å². The minimum atomic E-state index is 0.560. The SMILES string of the molecule is N#Cc1c(-c2ccccc2)n(CCNCc2ccccc2)c2c(=S)[nH]cnc12. The number of hydrogen-bond acceptors (Lipinski definition) is 4. The van der Waals surface area contributed by atoms with E-state index >= 15 is 0 Å². The van der Waals surface area contributed by atoms with E-state index in [9.17, 15) is 5.26 Å². The van der Waals surface area contributed by atoms with Crippen molar-refractivity contribution >= 4 is 23.3 Å². The Morgan fingerprint density at radius 3 is 2.50 bits per heavy atom. The minimum Gasteiger partial charge on any atom is -0.336 e. The molecule has 28 heavy (non-hydrogen) atoms. The first kappa shape index (κ1) is 18.1.